The normalized spacial score (nSPS) is 12.8. The summed E-state index contributed by atoms with van der Waals surface area (Å²) in [5.41, 5.74) is 2.05. The highest BCUT2D eigenvalue weighted by Gasteiger charge is 2.17. The molecule has 6 heteroatoms. The summed E-state index contributed by atoms with van der Waals surface area (Å²) in [5, 5.41) is -0.309. The molecule has 0 radical (unpaired) electrons. The Labute approximate surface area is 128 Å². The molecule has 3 nitrogen and oxygen atoms in total. The average molecular weight is 355 g/mol. The third-order valence-electron chi connectivity index (χ3n) is 2.96. The molecule has 0 saturated carbocycles. The van der Waals surface area contributed by atoms with Crippen LogP contribution in [0.2, 0.25) is 0 Å². The van der Waals surface area contributed by atoms with Gasteiger partial charge in [-0.3, -0.25) is 4.57 Å². The fraction of sp³-hybridized carbons (Fsp3) is 0.143. The zero-order valence-electron chi connectivity index (χ0n) is 10.5. The molecule has 0 aliphatic rings. The van der Waals surface area contributed by atoms with Gasteiger partial charge in [0.05, 0.1) is 15.5 Å². The Morgan fingerprint density at radius 3 is 2.85 bits per heavy atom. The van der Waals surface area contributed by atoms with Crippen LogP contribution in [0.15, 0.2) is 41.0 Å². The average Bonchev–Trinajstić information content (AvgIpc) is 2.81. The number of halogens is 3. The van der Waals surface area contributed by atoms with Gasteiger partial charge >= 0.3 is 0 Å². The Morgan fingerprint density at radius 1 is 1.35 bits per heavy atom. The molecule has 0 bridgehead atoms. The molecular formula is C14H10BrClFN3. The van der Waals surface area contributed by atoms with Crippen LogP contribution in [0.1, 0.15) is 18.1 Å². The Bertz CT molecular complexity index is 785. The molecule has 0 fully saturated rings. The van der Waals surface area contributed by atoms with Gasteiger partial charge in [-0.2, -0.15) is 0 Å². The highest BCUT2D eigenvalue weighted by Crippen LogP contribution is 2.28. The predicted octanol–water partition coefficient (Wildman–Crippen LogP) is 4.62. The number of rotatable bonds is 2. The van der Waals surface area contributed by atoms with Gasteiger partial charge in [-0.1, -0.05) is 0 Å². The summed E-state index contributed by atoms with van der Waals surface area (Å²) in [6, 6.07) is 8.55. The molecule has 102 valence electrons. The number of benzene rings is 1. The molecule has 1 aromatic carbocycles. The highest BCUT2D eigenvalue weighted by atomic mass is 79.9. The lowest BCUT2D eigenvalue weighted by Crippen LogP contribution is -2.03. The van der Waals surface area contributed by atoms with E-state index in [1.807, 2.05) is 19.1 Å². The highest BCUT2D eigenvalue weighted by molar-refractivity contribution is 9.10. The molecule has 0 aliphatic carbocycles. The van der Waals surface area contributed by atoms with Crippen LogP contribution in [-0.4, -0.2) is 14.5 Å². The molecule has 0 spiro atoms. The Morgan fingerprint density at radius 2 is 2.15 bits per heavy atom. The largest absolute Gasteiger partial charge is 0.279 e. The summed E-state index contributed by atoms with van der Waals surface area (Å²) in [4.78, 5) is 8.80. The topological polar surface area (TPSA) is 30.7 Å². The Balaban J connectivity index is 2.33. The van der Waals surface area contributed by atoms with Crippen molar-refractivity contribution in [2.45, 2.75) is 12.3 Å². The quantitative estimate of drug-likeness (QED) is 0.629. The second kappa shape index (κ2) is 5.14. The third kappa shape index (κ3) is 2.21. The van der Waals surface area contributed by atoms with E-state index in [1.165, 1.54) is 6.07 Å². The van der Waals surface area contributed by atoms with Gasteiger partial charge in [-0.05, 0) is 53.2 Å². The van der Waals surface area contributed by atoms with Crippen molar-refractivity contribution in [3.63, 3.8) is 0 Å². The number of hydrogen-bond acceptors (Lipinski definition) is 2. The summed E-state index contributed by atoms with van der Waals surface area (Å²) in [6.07, 6.45) is 1.68. The number of nitrogens with zero attached hydrogens (tertiary/aromatic N) is 3. The number of fused-ring (bicyclic) bond motifs is 1. The summed E-state index contributed by atoms with van der Waals surface area (Å²) in [6.45, 7) is 1.83. The molecule has 1 unspecified atom stereocenters. The Kier molecular flexibility index (Phi) is 3.48. The standard InChI is InChI=1S/C14H10BrClFN3/c1-8(16)13-19-12-3-2-6-18-14(12)20(13)9-4-5-10(15)11(17)7-9/h2-8H,1H3. The van der Waals surface area contributed by atoms with E-state index in [-0.39, 0.29) is 11.2 Å². The van der Waals surface area contributed by atoms with Crippen molar-refractivity contribution in [3.8, 4) is 5.69 Å². The minimum Gasteiger partial charge on any atom is -0.279 e. The van der Waals surface area contributed by atoms with Crippen LogP contribution >= 0.6 is 27.5 Å². The molecule has 2 aromatic heterocycles. The van der Waals surface area contributed by atoms with E-state index < -0.39 is 0 Å². The maximum atomic E-state index is 13.8. The van der Waals surface area contributed by atoms with Crippen molar-refractivity contribution >= 4 is 38.7 Å². The number of alkyl halides is 1. The van der Waals surface area contributed by atoms with Gasteiger partial charge in [0.15, 0.2) is 5.65 Å². The monoisotopic (exact) mass is 353 g/mol. The van der Waals surface area contributed by atoms with E-state index in [0.29, 0.717) is 21.6 Å². The third-order valence-corrected chi connectivity index (χ3v) is 3.80. The molecule has 0 N–H and O–H groups in total. The van der Waals surface area contributed by atoms with E-state index in [4.69, 9.17) is 11.6 Å². The molecule has 0 saturated heterocycles. The fourth-order valence-corrected chi connectivity index (χ4v) is 2.47. The van der Waals surface area contributed by atoms with Crippen LogP contribution in [0.5, 0.6) is 0 Å². The van der Waals surface area contributed by atoms with Crippen molar-refractivity contribution in [1.29, 1.82) is 0 Å². The van der Waals surface area contributed by atoms with Crippen LogP contribution < -0.4 is 0 Å². The van der Waals surface area contributed by atoms with E-state index in [1.54, 1.807) is 22.9 Å². The lowest BCUT2D eigenvalue weighted by atomic mass is 10.3. The summed E-state index contributed by atoms with van der Waals surface area (Å²) in [7, 11) is 0. The van der Waals surface area contributed by atoms with Crippen LogP contribution in [0.4, 0.5) is 4.39 Å². The van der Waals surface area contributed by atoms with Gasteiger partial charge in [0.1, 0.15) is 17.2 Å². The van der Waals surface area contributed by atoms with Crippen molar-refractivity contribution in [3.05, 3.63) is 52.6 Å². The van der Waals surface area contributed by atoms with Gasteiger partial charge in [0, 0.05) is 6.20 Å². The van der Waals surface area contributed by atoms with Crippen LogP contribution in [0.3, 0.4) is 0 Å². The smallest absolute Gasteiger partial charge is 0.164 e. The summed E-state index contributed by atoms with van der Waals surface area (Å²) >= 11 is 9.33. The number of aromatic nitrogens is 3. The van der Waals surface area contributed by atoms with Crippen LogP contribution in [0, 0.1) is 5.82 Å². The molecule has 2 heterocycles. The van der Waals surface area contributed by atoms with E-state index in [2.05, 4.69) is 25.9 Å². The van der Waals surface area contributed by atoms with Crippen molar-refractivity contribution in [2.24, 2.45) is 0 Å². The first-order chi connectivity index (χ1) is 9.58. The second-order valence-electron chi connectivity index (χ2n) is 4.37. The second-order valence-corrected chi connectivity index (χ2v) is 5.87. The molecule has 0 amide bonds. The summed E-state index contributed by atoms with van der Waals surface area (Å²) < 4.78 is 16.0. The number of imidazole rings is 1. The van der Waals surface area contributed by atoms with E-state index >= 15 is 0 Å². The number of pyridine rings is 1. The van der Waals surface area contributed by atoms with Crippen LogP contribution in [0.25, 0.3) is 16.9 Å². The summed E-state index contributed by atoms with van der Waals surface area (Å²) in [5.74, 6) is 0.301. The van der Waals surface area contributed by atoms with Crippen molar-refractivity contribution < 1.29 is 4.39 Å². The lowest BCUT2D eigenvalue weighted by Gasteiger charge is -2.10. The van der Waals surface area contributed by atoms with E-state index in [0.717, 1.165) is 5.52 Å². The molecule has 0 aliphatic heterocycles. The molecule has 3 aromatic rings. The fourth-order valence-electron chi connectivity index (χ4n) is 2.08. The minimum absolute atomic E-state index is 0.309. The number of hydrogen-bond donors (Lipinski definition) is 0. The SMILES string of the molecule is CC(Cl)c1nc2cccnc2n1-c1ccc(Br)c(F)c1. The first-order valence-corrected chi connectivity index (χ1v) is 7.23. The van der Waals surface area contributed by atoms with Gasteiger partial charge < -0.3 is 0 Å². The zero-order chi connectivity index (χ0) is 14.3. The molecule has 20 heavy (non-hydrogen) atoms. The maximum absolute atomic E-state index is 13.8. The molecule has 1 atom stereocenters. The minimum atomic E-state index is -0.339. The first-order valence-electron chi connectivity index (χ1n) is 6.01. The van der Waals surface area contributed by atoms with E-state index in [9.17, 15) is 4.39 Å². The van der Waals surface area contributed by atoms with Crippen molar-refractivity contribution in [1.82, 2.24) is 14.5 Å². The van der Waals surface area contributed by atoms with Gasteiger partial charge in [0.25, 0.3) is 0 Å². The molecule has 3 rings (SSSR count). The Hall–Kier alpha value is -1.46. The predicted molar refractivity (Wildman–Crippen MR) is 80.8 cm³/mol. The van der Waals surface area contributed by atoms with Crippen molar-refractivity contribution in [2.75, 3.05) is 0 Å². The molecular weight excluding hydrogens is 345 g/mol. The van der Waals surface area contributed by atoms with Gasteiger partial charge in [-0.15, -0.1) is 11.6 Å². The lowest BCUT2D eigenvalue weighted by molar-refractivity contribution is 0.619. The first kappa shape index (κ1) is 13.5. The zero-order valence-corrected chi connectivity index (χ0v) is 12.9. The van der Waals surface area contributed by atoms with Crippen LogP contribution in [-0.2, 0) is 0 Å². The van der Waals surface area contributed by atoms with Gasteiger partial charge in [-0.25, -0.2) is 14.4 Å². The van der Waals surface area contributed by atoms with Gasteiger partial charge in [0.2, 0.25) is 0 Å². The maximum Gasteiger partial charge on any atom is 0.164 e.